The van der Waals surface area contributed by atoms with Gasteiger partial charge in [-0.05, 0) is 51.9 Å². The summed E-state index contributed by atoms with van der Waals surface area (Å²) in [6, 6.07) is 0. The van der Waals surface area contributed by atoms with E-state index in [1.807, 2.05) is 6.92 Å². The maximum absolute atomic E-state index is 12.6. The molecule has 2 unspecified atom stereocenters. The van der Waals surface area contributed by atoms with Gasteiger partial charge in [-0.2, -0.15) is 0 Å². The van der Waals surface area contributed by atoms with Crippen molar-refractivity contribution in [1.29, 1.82) is 0 Å². The molecule has 0 heterocycles. The number of hydrogen-bond donors (Lipinski definition) is 1. The SMILES string of the molecule is CCCCC/C=C/C/C=C/CCCCCCCC(=O)O[C@H](COC(=O)C(C)CCCCCCCCCCCCC)COP(=O)(O)OCC. The van der Waals surface area contributed by atoms with Gasteiger partial charge in [-0.15, -0.1) is 0 Å². The maximum Gasteiger partial charge on any atom is 0.472 e. The summed E-state index contributed by atoms with van der Waals surface area (Å²) in [4.78, 5) is 35.0. The highest BCUT2D eigenvalue weighted by molar-refractivity contribution is 7.47. The first-order chi connectivity index (χ1) is 23.3. The summed E-state index contributed by atoms with van der Waals surface area (Å²) in [6.07, 6.45) is 34.7. The Morgan fingerprint density at radius 3 is 1.73 bits per heavy atom. The van der Waals surface area contributed by atoms with Crippen molar-refractivity contribution in [2.75, 3.05) is 19.8 Å². The van der Waals surface area contributed by atoms with E-state index < -0.39 is 26.5 Å². The third kappa shape index (κ3) is 31.8. The minimum Gasteiger partial charge on any atom is -0.461 e. The standard InChI is InChI=1S/C39H73O8P/c1-5-8-10-12-14-16-18-19-20-21-23-25-27-29-31-33-38(40)47-37(35-46-48(42,43)45-7-3)34-44-39(41)36(4)32-30-28-26-24-22-17-15-13-11-9-6-2/h14,16,19-20,36-37H,5-13,15,17-18,21-35H2,1-4H3,(H,42,43)/b16-14+,20-19+/t36?,37-/m1/s1. The number of carbonyl (C=O) groups excluding carboxylic acids is 2. The lowest BCUT2D eigenvalue weighted by molar-refractivity contribution is -0.163. The van der Waals surface area contributed by atoms with Crippen molar-refractivity contribution in [3.05, 3.63) is 24.3 Å². The Morgan fingerprint density at radius 1 is 0.646 bits per heavy atom. The van der Waals surface area contributed by atoms with Gasteiger partial charge in [-0.25, -0.2) is 4.57 Å². The second-order valence-corrected chi connectivity index (χ2v) is 14.6. The summed E-state index contributed by atoms with van der Waals surface area (Å²) >= 11 is 0. The number of carbonyl (C=O) groups is 2. The molecular formula is C39H73O8P. The number of unbranched alkanes of at least 4 members (excludes halogenated alkanes) is 18. The van der Waals surface area contributed by atoms with Crippen LogP contribution in [0.4, 0.5) is 0 Å². The van der Waals surface area contributed by atoms with Crippen molar-refractivity contribution in [2.24, 2.45) is 5.92 Å². The maximum atomic E-state index is 12.6. The van der Waals surface area contributed by atoms with Gasteiger partial charge in [0.1, 0.15) is 6.61 Å². The number of esters is 2. The lowest BCUT2D eigenvalue weighted by atomic mass is 10.0. The highest BCUT2D eigenvalue weighted by Gasteiger charge is 2.26. The Kier molecular flexibility index (Phi) is 33.0. The van der Waals surface area contributed by atoms with Crippen LogP contribution in [0.3, 0.4) is 0 Å². The number of rotatable bonds is 35. The molecule has 0 aliphatic heterocycles. The van der Waals surface area contributed by atoms with Crippen LogP contribution in [0.1, 0.15) is 182 Å². The fourth-order valence-electron chi connectivity index (χ4n) is 5.37. The molecule has 1 N–H and O–H groups in total. The van der Waals surface area contributed by atoms with Crippen molar-refractivity contribution in [3.8, 4) is 0 Å². The molecule has 0 saturated carbocycles. The summed E-state index contributed by atoms with van der Waals surface area (Å²) in [6.45, 7) is 7.25. The molecule has 0 amide bonds. The minimum atomic E-state index is -4.29. The average Bonchev–Trinajstić information content (AvgIpc) is 3.06. The van der Waals surface area contributed by atoms with Gasteiger partial charge in [-0.3, -0.25) is 18.6 Å². The molecule has 0 aromatic rings. The first-order valence-corrected chi connectivity index (χ1v) is 21.0. The highest BCUT2D eigenvalue weighted by atomic mass is 31.2. The molecule has 0 radical (unpaired) electrons. The summed E-state index contributed by atoms with van der Waals surface area (Å²) in [7, 11) is -4.29. The molecule has 0 aromatic heterocycles. The fraction of sp³-hybridized carbons (Fsp3) is 0.846. The van der Waals surface area contributed by atoms with Gasteiger partial charge in [0.05, 0.1) is 19.1 Å². The first-order valence-electron chi connectivity index (χ1n) is 19.5. The topological polar surface area (TPSA) is 108 Å². The van der Waals surface area contributed by atoms with Crippen LogP contribution in [0.25, 0.3) is 0 Å². The zero-order valence-electron chi connectivity index (χ0n) is 31.3. The van der Waals surface area contributed by atoms with Crippen molar-refractivity contribution in [1.82, 2.24) is 0 Å². The minimum absolute atomic E-state index is 0.00337. The van der Waals surface area contributed by atoms with E-state index in [0.29, 0.717) is 6.42 Å². The second kappa shape index (κ2) is 34.0. The van der Waals surface area contributed by atoms with Crippen LogP contribution in [0.2, 0.25) is 0 Å². The third-order valence-corrected chi connectivity index (χ3v) is 9.46. The van der Waals surface area contributed by atoms with Gasteiger partial charge < -0.3 is 14.4 Å². The predicted molar refractivity (Wildman–Crippen MR) is 198 cm³/mol. The lowest BCUT2D eigenvalue weighted by Crippen LogP contribution is -2.30. The van der Waals surface area contributed by atoms with Gasteiger partial charge in [0, 0.05) is 6.42 Å². The van der Waals surface area contributed by atoms with Crippen LogP contribution in [-0.4, -0.2) is 42.8 Å². The van der Waals surface area contributed by atoms with E-state index in [-0.39, 0.29) is 31.5 Å². The van der Waals surface area contributed by atoms with E-state index in [9.17, 15) is 19.0 Å². The average molecular weight is 701 g/mol. The molecular weight excluding hydrogens is 627 g/mol. The molecule has 0 saturated heterocycles. The van der Waals surface area contributed by atoms with Gasteiger partial charge >= 0.3 is 19.8 Å². The molecule has 0 fully saturated rings. The summed E-state index contributed by atoms with van der Waals surface area (Å²) < 4.78 is 32.7. The molecule has 0 aliphatic carbocycles. The summed E-state index contributed by atoms with van der Waals surface area (Å²) in [5.74, 6) is -1.08. The van der Waals surface area contributed by atoms with Crippen LogP contribution >= 0.6 is 7.82 Å². The molecule has 8 nitrogen and oxygen atoms in total. The zero-order chi connectivity index (χ0) is 35.6. The number of phosphoric ester groups is 1. The van der Waals surface area contributed by atoms with Crippen molar-refractivity contribution < 1.29 is 37.6 Å². The Morgan fingerprint density at radius 2 is 1.15 bits per heavy atom. The van der Waals surface area contributed by atoms with Crippen molar-refractivity contribution in [3.63, 3.8) is 0 Å². The first kappa shape index (κ1) is 46.5. The molecule has 3 atom stereocenters. The fourth-order valence-corrected chi connectivity index (χ4v) is 6.12. The monoisotopic (exact) mass is 701 g/mol. The van der Waals surface area contributed by atoms with Crippen LogP contribution < -0.4 is 0 Å². The Balaban J connectivity index is 4.29. The van der Waals surface area contributed by atoms with Crippen LogP contribution in [0, 0.1) is 5.92 Å². The Hall–Kier alpha value is -1.47. The van der Waals surface area contributed by atoms with Gasteiger partial charge in [0.25, 0.3) is 0 Å². The summed E-state index contributed by atoms with van der Waals surface area (Å²) in [5.41, 5.74) is 0. The van der Waals surface area contributed by atoms with Crippen molar-refractivity contribution in [2.45, 2.75) is 188 Å². The van der Waals surface area contributed by atoms with E-state index in [2.05, 4.69) is 38.2 Å². The highest BCUT2D eigenvalue weighted by Crippen LogP contribution is 2.43. The zero-order valence-corrected chi connectivity index (χ0v) is 32.2. The number of phosphoric acid groups is 1. The molecule has 282 valence electrons. The van der Waals surface area contributed by atoms with E-state index >= 15 is 0 Å². The third-order valence-electron chi connectivity index (χ3n) is 8.40. The van der Waals surface area contributed by atoms with Crippen LogP contribution in [0.5, 0.6) is 0 Å². The van der Waals surface area contributed by atoms with Crippen LogP contribution in [0.15, 0.2) is 24.3 Å². The van der Waals surface area contributed by atoms with Gasteiger partial charge in [0.15, 0.2) is 6.10 Å². The normalized spacial score (nSPS) is 14.4. The molecule has 0 aliphatic rings. The Labute approximate surface area is 294 Å². The predicted octanol–water partition coefficient (Wildman–Crippen LogP) is 11.7. The quantitative estimate of drug-likeness (QED) is 0.0301. The second-order valence-electron chi connectivity index (χ2n) is 13.1. The van der Waals surface area contributed by atoms with Gasteiger partial charge in [-0.1, -0.05) is 148 Å². The molecule has 9 heteroatoms. The molecule has 48 heavy (non-hydrogen) atoms. The molecule has 0 rings (SSSR count). The van der Waals surface area contributed by atoms with E-state index in [0.717, 1.165) is 57.8 Å². The largest absolute Gasteiger partial charge is 0.472 e. The summed E-state index contributed by atoms with van der Waals surface area (Å²) in [5, 5.41) is 0. The lowest BCUT2D eigenvalue weighted by Gasteiger charge is -2.20. The van der Waals surface area contributed by atoms with Crippen LogP contribution in [-0.2, 0) is 32.7 Å². The number of allylic oxidation sites excluding steroid dienone is 4. The van der Waals surface area contributed by atoms with E-state index in [1.54, 1.807) is 6.92 Å². The molecule has 0 spiro atoms. The van der Waals surface area contributed by atoms with E-state index in [4.69, 9.17) is 18.5 Å². The number of hydrogen-bond acceptors (Lipinski definition) is 7. The smallest absolute Gasteiger partial charge is 0.461 e. The van der Waals surface area contributed by atoms with E-state index in [1.165, 1.54) is 83.5 Å². The molecule has 0 bridgehead atoms. The number of ether oxygens (including phenoxy) is 2. The van der Waals surface area contributed by atoms with Gasteiger partial charge in [0.2, 0.25) is 0 Å². The molecule has 0 aromatic carbocycles. The van der Waals surface area contributed by atoms with Crippen molar-refractivity contribution >= 4 is 19.8 Å². The Bertz CT molecular complexity index is 859.